The van der Waals surface area contributed by atoms with Gasteiger partial charge >= 0.3 is 0 Å². The first-order valence-electron chi connectivity index (χ1n) is 6.06. The zero-order valence-electron chi connectivity index (χ0n) is 11.5. The summed E-state index contributed by atoms with van der Waals surface area (Å²) < 4.78 is 0. The van der Waals surface area contributed by atoms with Gasteiger partial charge in [0, 0.05) is 18.5 Å². The summed E-state index contributed by atoms with van der Waals surface area (Å²) >= 11 is 0. The minimum atomic E-state index is 0.00283. The second-order valence-electron chi connectivity index (χ2n) is 3.80. The predicted molar refractivity (Wildman–Crippen MR) is 72.0 cm³/mol. The van der Waals surface area contributed by atoms with Crippen molar-refractivity contribution in [2.24, 2.45) is 5.11 Å². The topological polar surface area (TPSA) is 112 Å². The lowest BCUT2D eigenvalue weighted by atomic mass is 10.3. The van der Waals surface area contributed by atoms with E-state index in [0.29, 0.717) is 12.5 Å². The van der Waals surface area contributed by atoms with Crippen LogP contribution in [0, 0.1) is 0 Å². The number of nitrogens with one attached hydrogen (secondary N) is 1. The number of azide groups is 1. The zero-order valence-corrected chi connectivity index (χ0v) is 11.5. The molecular formula is C10H18N8O. The van der Waals surface area contributed by atoms with E-state index in [1.165, 1.54) is 5.06 Å². The number of hydrogen-bond donors (Lipinski definition) is 1. The predicted octanol–water partition coefficient (Wildman–Crippen LogP) is 2.41. The van der Waals surface area contributed by atoms with Crippen molar-refractivity contribution in [3.05, 3.63) is 10.4 Å². The molecule has 0 radical (unpaired) electrons. The molecule has 9 heteroatoms. The summed E-state index contributed by atoms with van der Waals surface area (Å²) in [6.07, 6.45) is 0.894. The second-order valence-corrected chi connectivity index (χ2v) is 3.80. The van der Waals surface area contributed by atoms with Gasteiger partial charge in [-0.2, -0.15) is 15.0 Å². The molecule has 104 valence electrons. The summed E-state index contributed by atoms with van der Waals surface area (Å²) in [4.78, 5) is 20.4. The van der Waals surface area contributed by atoms with Gasteiger partial charge in [0.25, 0.3) is 5.95 Å². The molecule has 1 unspecified atom stereocenters. The smallest absolute Gasteiger partial charge is 0.254 e. The van der Waals surface area contributed by atoms with E-state index in [0.717, 1.165) is 6.42 Å². The van der Waals surface area contributed by atoms with Gasteiger partial charge in [0.05, 0.1) is 6.10 Å². The van der Waals surface area contributed by atoms with E-state index in [9.17, 15) is 0 Å². The van der Waals surface area contributed by atoms with Crippen LogP contribution in [-0.2, 0) is 4.84 Å². The highest BCUT2D eigenvalue weighted by atomic mass is 16.7. The first kappa shape index (κ1) is 14.9. The molecule has 1 aromatic heterocycles. The van der Waals surface area contributed by atoms with Crippen LogP contribution in [0.3, 0.4) is 0 Å². The van der Waals surface area contributed by atoms with Crippen LogP contribution < -0.4 is 10.4 Å². The van der Waals surface area contributed by atoms with Gasteiger partial charge in [0.15, 0.2) is 0 Å². The lowest BCUT2D eigenvalue weighted by Gasteiger charge is -2.20. The highest BCUT2D eigenvalue weighted by molar-refractivity contribution is 5.39. The van der Waals surface area contributed by atoms with Crippen LogP contribution in [0.15, 0.2) is 5.11 Å². The number of anilines is 2. The Balaban J connectivity index is 3.00. The monoisotopic (exact) mass is 266 g/mol. The molecule has 1 rings (SSSR count). The molecule has 1 aromatic rings. The number of aromatic nitrogens is 3. The quantitative estimate of drug-likeness (QED) is 0.351. The van der Waals surface area contributed by atoms with Crippen molar-refractivity contribution in [3.8, 4) is 0 Å². The average Bonchev–Trinajstić information content (AvgIpc) is 2.39. The molecular weight excluding hydrogens is 248 g/mol. The van der Waals surface area contributed by atoms with E-state index in [4.69, 9.17) is 10.4 Å². The molecule has 1 atom stereocenters. The number of nitrogens with zero attached hydrogens (tertiary/aromatic N) is 7. The zero-order chi connectivity index (χ0) is 14.3. The summed E-state index contributed by atoms with van der Waals surface area (Å²) in [5.41, 5.74) is 8.45. The summed E-state index contributed by atoms with van der Waals surface area (Å²) in [5.74, 6) is 0.631. The maximum atomic E-state index is 8.45. The number of hydrogen-bond acceptors (Lipinski definition) is 7. The summed E-state index contributed by atoms with van der Waals surface area (Å²) in [6, 6.07) is 0. The van der Waals surface area contributed by atoms with Crippen LogP contribution in [0.2, 0.25) is 0 Å². The lowest BCUT2D eigenvalue weighted by molar-refractivity contribution is 0.0498. The van der Waals surface area contributed by atoms with Gasteiger partial charge in [-0.25, -0.2) is 5.06 Å². The van der Waals surface area contributed by atoms with E-state index < -0.39 is 0 Å². The van der Waals surface area contributed by atoms with Crippen LogP contribution in [0.25, 0.3) is 10.4 Å². The number of rotatable bonds is 7. The Hall–Kier alpha value is -2.12. The normalized spacial score (nSPS) is 11.6. The van der Waals surface area contributed by atoms with Crippen molar-refractivity contribution >= 4 is 17.8 Å². The molecule has 0 saturated heterocycles. The Morgan fingerprint density at radius 2 is 2.16 bits per heavy atom. The molecule has 0 bridgehead atoms. The van der Waals surface area contributed by atoms with Gasteiger partial charge in [0.1, 0.15) is 0 Å². The molecule has 1 heterocycles. The van der Waals surface area contributed by atoms with Crippen molar-refractivity contribution in [1.82, 2.24) is 15.0 Å². The SMILES string of the molecule is CCNc1nc(N=[N+]=[N-])nc(N(C)OC(C)CC)n1. The van der Waals surface area contributed by atoms with Crippen LogP contribution >= 0.6 is 0 Å². The van der Waals surface area contributed by atoms with Gasteiger partial charge in [-0.3, -0.25) is 4.84 Å². The van der Waals surface area contributed by atoms with E-state index in [1.807, 2.05) is 20.8 Å². The molecule has 19 heavy (non-hydrogen) atoms. The average molecular weight is 266 g/mol. The summed E-state index contributed by atoms with van der Waals surface area (Å²) in [7, 11) is 1.69. The maximum Gasteiger partial charge on any atom is 0.254 e. The summed E-state index contributed by atoms with van der Waals surface area (Å²) in [6.45, 7) is 6.52. The van der Waals surface area contributed by atoms with Crippen molar-refractivity contribution in [1.29, 1.82) is 0 Å². The minimum absolute atomic E-state index is 0.00283. The summed E-state index contributed by atoms with van der Waals surface area (Å²) in [5, 5.41) is 7.77. The van der Waals surface area contributed by atoms with Gasteiger partial charge in [-0.1, -0.05) is 6.92 Å². The molecule has 0 fully saturated rings. The van der Waals surface area contributed by atoms with Crippen LogP contribution in [0.4, 0.5) is 17.8 Å². The van der Waals surface area contributed by atoms with E-state index in [1.54, 1.807) is 7.05 Å². The third kappa shape index (κ3) is 4.57. The van der Waals surface area contributed by atoms with Gasteiger partial charge in [-0.15, -0.1) is 0 Å². The molecule has 0 amide bonds. The third-order valence-electron chi connectivity index (χ3n) is 2.28. The van der Waals surface area contributed by atoms with E-state index in [2.05, 4.69) is 30.3 Å². The van der Waals surface area contributed by atoms with Gasteiger partial charge < -0.3 is 5.32 Å². The van der Waals surface area contributed by atoms with Crippen molar-refractivity contribution < 1.29 is 4.84 Å². The fourth-order valence-corrected chi connectivity index (χ4v) is 1.21. The Bertz CT molecular complexity index is 459. The second kappa shape index (κ2) is 7.34. The standard InChI is InChI=1S/C10H18N8O/c1-5-7(3)19-18(4)10-14-8(12-6-2)13-9(15-10)16-17-11/h7H,5-6H2,1-4H3,(H,12,13,14,15). The van der Waals surface area contributed by atoms with E-state index >= 15 is 0 Å². The Kier molecular flexibility index (Phi) is 5.77. The third-order valence-corrected chi connectivity index (χ3v) is 2.28. The first-order valence-corrected chi connectivity index (χ1v) is 6.06. The highest BCUT2D eigenvalue weighted by Gasteiger charge is 2.12. The Labute approximate surface area is 111 Å². The molecule has 0 aliphatic heterocycles. The fraction of sp³-hybridized carbons (Fsp3) is 0.700. The highest BCUT2D eigenvalue weighted by Crippen LogP contribution is 2.16. The molecule has 0 aromatic carbocycles. The molecule has 0 aliphatic carbocycles. The van der Waals surface area contributed by atoms with Gasteiger partial charge in [0.2, 0.25) is 11.9 Å². The fourth-order valence-electron chi connectivity index (χ4n) is 1.21. The molecule has 0 saturated carbocycles. The van der Waals surface area contributed by atoms with E-state index in [-0.39, 0.29) is 18.0 Å². The Morgan fingerprint density at radius 1 is 1.42 bits per heavy atom. The van der Waals surface area contributed by atoms with Crippen LogP contribution in [0.5, 0.6) is 0 Å². The lowest BCUT2D eigenvalue weighted by Crippen LogP contribution is -2.26. The van der Waals surface area contributed by atoms with Crippen molar-refractivity contribution in [2.75, 3.05) is 24.0 Å². The van der Waals surface area contributed by atoms with Crippen LogP contribution in [-0.4, -0.2) is 34.6 Å². The number of hydroxylamine groups is 1. The van der Waals surface area contributed by atoms with Crippen molar-refractivity contribution in [3.63, 3.8) is 0 Å². The maximum absolute atomic E-state index is 8.45. The van der Waals surface area contributed by atoms with Gasteiger partial charge in [-0.05, 0) is 30.9 Å². The molecule has 9 nitrogen and oxygen atoms in total. The molecule has 1 N–H and O–H groups in total. The van der Waals surface area contributed by atoms with Crippen molar-refractivity contribution in [2.45, 2.75) is 33.3 Å². The van der Waals surface area contributed by atoms with Crippen LogP contribution in [0.1, 0.15) is 27.2 Å². The molecule has 0 aliphatic rings. The minimum Gasteiger partial charge on any atom is -0.354 e. The largest absolute Gasteiger partial charge is 0.354 e. The molecule has 0 spiro atoms. The first-order chi connectivity index (χ1) is 9.10. The Morgan fingerprint density at radius 3 is 2.74 bits per heavy atom.